The van der Waals surface area contributed by atoms with Crippen molar-refractivity contribution >= 4 is 0 Å². The number of hydrogen-bond donors (Lipinski definition) is 0. The van der Waals surface area contributed by atoms with Crippen molar-refractivity contribution in [1.82, 2.24) is 0 Å². The predicted molar refractivity (Wildman–Crippen MR) is 279 cm³/mol. The lowest BCUT2D eigenvalue weighted by Crippen LogP contribution is -2.47. The quantitative estimate of drug-likeness (QED) is 0.0687. The van der Waals surface area contributed by atoms with Crippen LogP contribution in [0.25, 0.3) is 0 Å². The molecule has 6 aliphatic rings. The molecule has 6 aliphatic carbocycles. The zero-order chi connectivity index (χ0) is 44.0. The molecule has 6 rings (SSSR count). The molecule has 0 N–H and O–H groups in total. The zero-order valence-corrected chi connectivity index (χ0v) is 44.0. The van der Waals surface area contributed by atoms with Gasteiger partial charge in [-0.3, -0.25) is 0 Å². The second-order valence-corrected chi connectivity index (χ2v) is 25.9. The summed E-state index contributed by atoms with van der Waals surface area (Å²) in [6.45, 7) is 9.61. The lowest BCUT2D eigenvalue weighted by atomic mass is 9.47. The summed E-state index contributed by atoms with van der Waals surface area (Å²) < 4.78 is 0. The van der Waals surface area contributed by atoms with E-state index < -0.39 is 0 Å². The highest BCUT2D eigenvalue weighted by Crippen LogP contribution is 2.63. The molecule has 368 valence electrons. The van der Waals surface area contributed by atoms with Gasteiger partial charge in [0.1, 0.15) is 0 Å². The van der Waals surface area contributed by atoms with Crippen LogP contribution in [-0.2, 0) is 0 Å². The molecular weight excluding hydrogens is 757 g/mol. The third-order valence-electron chi connectivity index (χ3n) is 21.7. The Hall–Kier alpha value is 0. The fourth-order valence-corrected chi connectivity index (χ4v) is 17.0. The minimum Gasteiger partial charge on any atom is -0.0654 e. The molecule has 0 atom stereocenters. The summed E-state index contributed by atoms with van der Waals surface area (Å²) in [5.74, 6) is 10.7. The smallest absolute Gasteiger partial charge is 0.0241 e. The van der Waals surface area contributed by atoms with E-state index in [0.29, 0.717) is 10.8 Å². The average molecular weight is 874 g/mol. The molecular formula is C63H116. The van der Waals surface area contributed by atoms with Gasteiger partial charge in [0.15, 0.2) is 0 Å². The van der Waals surface area contributed by atoms with Crippen LogP contribution in [0.3, 0.4) is 0 Å². The Morgan fingerprint density at radius 3 is 0.667 bits per heavy atom. The molecule has 0 saturated heterocycles. The van der Waals surface area contributed by atoms with Crippen molar-refractivity contribution < 1.29 is 0 Å². The standard InChI is InChI=1S/C63H116/c1-5-9-11-13-15-47-63(50-44-61(45-51-63)41-39-59-36-32-57(33-37-59)29-27-55-24-20-53(17-8-4)21-25-55)62(46-14-12-10-6-2)48-42-60(43-49-62)40-38-58-34-30-56(31-35-58)28-26-54-22-18-52(16-7-3)19-23-54/h52-61H,5-51H2,1-4H3. The Labute approximate surface area is 397 Å². The number of unbranched alkanes of at least 4 members (excludes halogenated alkanes) is 7. The molecule has 0 amide bonds. The predicted octanol–water partition coefficient (Wildman–Crippen LogP) is 21.6. The molecule has 6 fully saturated rings. The SMILES string of the molecule is CCCCCCCC1(C2(CCCCCC)CCC(CCC3CCC(CCC4CCC(CCC)CC4)CC3)CC2)CCC(CCC2CCC(CCC3CCC(CCC)CC3)CC2)CC1. The summed E-state index contributed by atoms with van der Waals surface area (Å²) >= 11 is 0. The first kappa shape index (κ1) is 52.4. The van der Waals surface area contributed by atoms with Gasteiger partial charge in [0, 0.05) is 0 Å². The van der Waals surface area contributed by atoms with E-state index in [4.69, 9.17) is 0 Å². The topological polar surface area (TPSA) is 0 Å². The van der Waals surface area contributed by atoms with Crippen LogP contribution in [0.2, 0.25) is 0 Å². The molecule has 0 aromatic carbocycles. The summed E-state index contributed by atoms with van der Waals surface area (Å²) in [6, 6.07) is 0. The lowest BCUT2D eigenvalue weighted by molar-refractivity contribution is -0.0708. The first-order valence-corrected chi connectivity index (χ1v) is 30.9. The molecule has 6 saturated carbocycles. The molecule has 0 heterocycles. The Balaban J connectivity index is 0.930. The van der Waals surface area contributed by atoms with Gasteiger partial charge in [0.05, 0.1) is 0 Å². The van der Waals surface area contributed by atoms with Crippen molar-refractivity contribution in [2.24, 2.45) is 70.0 Å². The minimum absolute atomic E-state index is 0.674. The first-order valence-electron chi connectivity index (χ1n) is 30.9. The maximum absolute atomic E-state index is 2.43. The third-order valence-corrected chi connectivity index (χ3v) is 21.7. The van der Waals surface area contributed by atoms with Crippen molar-refractivity contribution in [2.75, 3.05) is 0 Å². The summed E-state index contributed by atoms with van der Waals surface area (Å²) in [4.78, 5) is 0. The molecule has 0 radical (unpaired) electrons. The fraction of sp³-hybridized carbons (Fsp3) is 1.00. The van der Waals surface area contributed by atoms with E-state index in [2.05, 4.69) is 27.7 Å². The van der Waals surface area contributed by atoms with Crippen LogP contribution >= 0.6 is 0 Å². The van der Waals surface area contributed by atoms with Crippen LogP contribution in [0.15, 0.2) is 0 Å². The van der Waals surface area contributed by atoms with Crippen molar-refractivity contribution in [3.8, 4) is 0 Å². The Kier molecular flexibility index (Phi) is 24.2. The number of rotatable bonds is 28. The minimum atomic E-state index is 0.674. The maximum Gasteiger partial charge on any atom is -0.0241 e. The van der Waals surface area contributed by atoms with Gasteiger partial charge in [-0.15, -0.1) is 0 Å². The second kappa shape index (κ2) is 29.1. The molecule has 0 aromatic rings. The Morgan fingerprint density at radius 2 is 0.429 bits per heavy atom. The summed E-state index contributed by atoms with van der Waals surface area (Å²) in [7, 11) is 0. The van der Waals surface area contributed by atoms with E-state index in [1.165, 1.54) is 83.5 Å². The number of hydrogen-bond acceptors (Lipinski definition) is 0. The van der Waals surface area contributed by atoms with Crippen LogP contribution in [0.1, 0.15) is 329 Å². The molecule has 0 heteroatoms. The molecule has 0 aliphatic heterocycles. The van der Waals surface area contributed by atoms with Crippen LogP contribution in [-0.4, -0.2) is 0 Å². The first-order chi connectivity index (χ1) is 30.9. The van der Waals surface area contributed by atoms with Crippen molar-refractivity contribution in [1.29, 1.82) is 0 Å². The highest BCUT2D eigenvalue weighted by atomic mass is 14.6. The van der Waals surface area contributed by atoms with Crippen LogP contribution < -0.4 is 0 Å². The lowest BCUT2D eigenvalue weighted by Gasteiger charge is -2.58. The Bertz CT molecular complexity index is 1100. The second-order valence-electron chi connectivity index (χ2n) is 25.9. The molecule has 0 aromatic heterocycles. The van der Waals surface area contributed by atoms with Gasteiger partial charge < -0.3 is 0 Å². The van der Waals surface area contributed by atoms with Crippen LogP contribution in [0, 0.1) is 70.0 Å². The van der Waals surface area contributed by atoms with Gasteiger partial charge >= 0.3 is 0 Å². The van der Waals surface area contributed by atoms with E-state index in [9.17, 15) is 0 Å². The van der Waals surface area contributed by atoms with Gasteiger partial charge in [-0.2, -0.15) is 0 Å². The van der Waals surface area contributed by atoms with E-state index in [1.807, 2.05) is 0 Å². The van der Waals surface area contributed by atoms with E-state index in [-0.39, 0.29) is 0 Å². The van der Waals surface area contributed by atoms with Crippen LogP contribution in [0.5, 0.6) is 0 Å². The van der Waals surface area contributed by atoms with E-state index in [1.54, 1.807) is 218 Å². The summed E-state index contributed by atoms with van der Waals surface area (Å²) in [6.07, 6.45) is 72.7. The van der Waals surface area contributed by atoms with Crippen LogP contribution in [0.4, 0.5) is 0 Å². The molecule has 0 spiro atoms. The highest BCUT2D eigenvalue weighted by molar-refractivity contribution is 5.03. The molecule has 0 nitrogen and oxygen atoms in total. The third kappa shape index (κ3) is 17.2. The normalized spacial score (nSPS) is 37.0. The monoisotopic (exact) mass is 873 g/mol. The van der Waals surface area contributed by atoms with Gasteiger partial charge in [-0.25, -0.2) is 0 Å². The molecule has 0 bridgehead atoms. The highest BCUT2D eigenvalue weighted by Gasteiger charge is 2.52. The zero-order valence-electron chi connectivity index (χ0n) is 44.0. The largest absolute Gasteiger partial charge is 0.0654 e. The van der Waals surface area contributed by atoms with Crippen molar-refractivity contribution in [3.63, 3.8) is 0 Å². The van der Waals surface area contributed by atoms with Gasteiger partial charge in [-0.05, 0) is 134 Å². The van der Waals surface area contributed by atoms with Gasteiger partial charge in [0.2, 0.25) is 0 Å². The molecule has 0 unspecified atom stereocenters. The Morgan fingerprint density at radius 1 is 0.222 bits per heavy atom. The summed E-state index contributed by atoms with van der Waals surface area (Å²) in [5, 5.41) is 0. The van der Waals surface area contributed by atoms with E-state index in [0.717, 1.165) is 59.2 Å². The maximum atomic E-state index is 2.43. The molecule has 63 heavy (non-hydrogen) atoms. The van der Waals surface area contributed by atoms with E-state index >= 15 is 0 Å². The van der Waals surface area contributed by atoms with Crippen molar-refractivity contribution in [2.45, 2.75) is 329 Å². The average Bonchev–Trinajstić information content (AvgIpc) is 3.33. The van der Waals surface area contributed by atoms with Gasteiger partial charge in [-0.1, -0.05) is 265 Å². The summed E-state index contributed by atoms with van der Waals surface area (Å²) in [5.41, 5.74) is 1.35. The van der Waals surface area contributed by atoms with Gasteiger partial charge in [0.25, 0.3) is 0 Å². The fourth-order valence-electron chi connectivity index (χ4n) is 17.0. The van der Waals surface area contributed by atoms with Crippen molar-refractivity contribution in [3.05, 3.63) is 0 Å².